The third kappa shape index (κ3) is 5.48. The van der Waals surface area contributed by atoms with Crippen LogP contribution in [0.25, 0.3) is 0 Å². The summed E-state index contributed by atoms with van der Waals surface area (Å²) in [4.78, 5) is 25.1. The zero-order valence-corrected chi connectivity index (χ0v) is 18.9. The number of nitrogens with zero attached hydrogens (tertiary/aromatic N) is 1. The maximum absolute atomic E-state index is 12.9. The molecule has 0 aliphatic carbocycles. The van der Waals surface area contributed by atoms with Gasteiger partial charge in [0.05, 0.1) is 23.5 Å². The average molecular weight is 486 g/mol. The number of hydrogen-bond acceptors (Lipinski definition) is 5. The second-order valence-electron chi connectivity index (χ2n) is 6.94. The maximum atomic E-state index is 12.9. The Labute approximate surface area is 190 Å². The third-order valence-corrected chi connectivity index (χ3v) is 7.28. The van der Waals surface area contributed by atoms with Crippen LogP contribution in [-0.2, 0) is 14.8 Å². The fraction of sp³-hybridized carbons (Fsp3) is 0.300. The van der Waals surface area contributed by atoms with Gasteiger partial charge in [0.25, 0.3) is 5.91 Å². The van der Waals surface area contributed by atoms with Crippen LogP contribution in [0.2, 0.25) is 10.0 Å². The van der Waals surface area contributed by atoms with Crippen molar-refractivity contribution >= 4 is 45.0 Å². The van der Waals surface area contributed by atoms with Crippen LogP contribution in [0.15, 0.2) is 47.4 Å². The van der Waals surface area contributed by atoms with E-state index in [4.69, 9.17) is 27.9 Å². The largest absolute Gasteiger partial charge is 0.496 e. The van der Waals surface area contributed by atoms with Crippen LogP contribution >= 0.6 is 23.2 Å². The van der Waals surface area contributed by atoms with E-state index in [-0.39, 0.29) is 17.0 Å². The number of amides is 2. The molecule has 1 atom stereocenters. The summed E-state index contributed by atoms with van der Waals surface area (Å²) in [6.45, 7) is 0.313. The highest BCUT2D eigenvalue weighted by atomic mass is 35.5. The summed E-state index contributed by atoms with van der Waals surface area (Å²) < 4.78 is 32.2. The SMILES string of the molecule is COc1ccc(Cl)cc1C(=O)NNC(=O)C1CCCN(S(=O)(=O)c2ccc(Cl)cc2)C1. The molecule has 0 aromatic heterocycles. The van der Waals surface area contributed by atoms with E-state index >= 15 is 0 Å². The van der Waals surface area contributed by atoms with Crippen molar-refractivity contribution in [1.82, 2.24) is 15.2 Å². The van der Waals surface area contributed by atoms with Gasteiger partial charge in [-0.2, -0.15) is 4.31 Å². The summed E-state index contributed by atoms with van der Waals surface area (Å²) in [7, 11) is -2.34. The fourth-order valence-corrected chi connectivity index (χ4v) is 5.10. The Kier molecular flexibility index (Phi) is 7.42. The zero-order valence-electron chi connectivity index (χ0n) is 16.6. The number of halogens is 2. The van der Waals surface area contributed by atoms with Gasteiger partial charge in [0.1, 0.15) is 5.75 Å². The van der Waals surface area contributed by atoms with Gasteiger partial charge in [-0.15, -0.1) is 0 Å². The topological polar surface area (TPSA) is 105 Å². The summed E-state index contributed by atoms with van der Waals surface area (Å²) >= 11 is 11.8. The number of hydrazine groups is 1. The first-order chi connectivity index (χ1) is 14.7. The lowest BCUT2D eigenvalue weighted by atomic mass is 9.99. The monoisotopic (exact) mass is 485 g/mol. The number of rotatable bonds is 5. The van der Waals surface area contributed by atoms with E-state index in [1.165, 1.54) is 41.7 Å². The first kappa shape index (κ1) is 23.3. The molecule has 0 spiro atoms. The molecule has 8 nitrogen and oxygen atoms in total. The number of nitrogens with one attached hydrogen (secondary N) is 2. The quantitative estimate of drug-likeness (QED) is 0.633. The van der Waals surface area contributed by atoms with Gasteiger partial charge in [0, 0.05) is 23.1 Å². The average Bonchev–Trinajstić information content (AvgIpc) is 2.77. The molecule has 0 radical (unpaired) electrons. The Morgan fingerprint density at radius 1 is 1.06 bits per heavy atom. The summed E-state index contributed by atoms with van der Waals surface area (Å²) in [5.74, 6) is -1.40. The van der Waals surface area contributed by atoms with Gasteiger partial charge in [0.2, 0.25) is 15.9 Å². The minimum atomic E-state index is -3.76. The molecule has 1 aliphatic heterocycles. The second kappa shape index (κ2) is 9.86. The van der Waals surface area contributed by atoms with E-state index < -0.39 is 27.8 Å². The van der Waals surface area contributed by atoms with Gasteiger partial charge < -0.3 is 4.74 Å². The summed E-state index contributed by atoms with van der Waals surface area (Å²) in [6, 6.07) is 10.4. The van der Waals surface area contributed by atoms with Crippen molar-refractivity contribution in [2.24, 2.45) is 5.92 Å². The van der Waals surface area contributed by atoms with E-state index in [2.05, 4.69) is 10.9 Å². The first-order valence-electron chi connectivity index (χ1n) is 9.42. The van der Waals surface area contributed by atoms with Crippen LogP contribution in [0.5, 0.6) is 5.75 Å². The van der Waals surface area contributed by atoms with Crippen molar-refractivity contribution in [3.63, 3.8) is 0 Å². The molecule has 0 saturated carbocycles. The number of carbonyl (C=O) groups is 2. The van der Waals surface area contributed by atoms with Gasteiger partial charge in [0.15, 0.2) is 0 Å². The molecule has 2 amide bonds. The minimum Gasteiger partial charge on any atom is -0.496 e. The van der Waals surface area contributed by atoms with E-state index in [0.29, 0.717) is 35.2 Å². The number of piperidine rings is 1. The lowest BCUT2D eigenvalue weighted by Gasteiger charge is -2.31. The Bertz CT molecular complexity index is 1080. The number of methoxy groups -OCH3 is 1. The standard InChI is InChI=1S/C20H21Cl2N3O5S/c1-30-18-9-6-15(22)11-17(18)20(27)24-23-19(26)13-3-2-10-25(12-13)31(28,29)16-7-4-14(21)5-8-16/h4-9,11,13H,2-3,10,12H2,1H3,(H,23,26)(H,24,27). The molecule has 11 heteroatoms. The number of hydrogen-bond donors (Lipinski definition) is 2. The molecule has 166 valence electrons. The van der Waals surface area contributed by atoms with Crippen molar-refractivity contribution in [2.45, 2.75) is 17.7 Å². The highest BCUT2D eigenvalue weighted by molar-refractivity contribution is 7.89. The van der Waals surface area contributed by atoms with Crippen LogP contribution in [0.1, 0.15) is 23.2 Å². The lowest BCUT2D eigenvalue weighted by molar-refractivity contribution is -0.126. The van der Waals surface area contributed by atoms with Gasteiger partial charge >= 0.3 is 0 Å². The third-order valence-electron chi connectivity index (χ3n) is 4.91. The lowest BCUT2D eigenvalue weighted by Crippen LogP contribution is -2.50. The van der Waals surface area contributed by atoms with Crippen LogP contribution in [0, 0.1) is 5.92 Å². The molecule has 1 saturated heterocycles. The normalized spacial score (nSPS) is 17.1. The smallest absolute Gasteiger partial charge is 0.273 e. The van der Waals surface area contributed by atoms with Crippen LogP contribution < -0.4 is 15.6 Å². The van der Waals surface area contributed by atoms with Crippen LogP contribution in [-0.4, -0.2) is 44.7 Å². The van der Waals surface area contributed by atoms with Crippen molar-refractivity contribution in [3.05, 3.63) is 58.1 Å². The Morgan fingerprint density at radius 2 is 1.74 bits per heavy atom. The van der Waals surface area contributed by atoms with Crippen LogP contribution in [0.4, 0.5) is 0 Å². The molecule has 1 heterocycles. The van der Waals surface area contributed by atoms with Crippen molar-refractivity contribution in [2.75, 3.05) is 20.2 Å². The molecule has 2 aromatic carbocycles. The number of ether oxygens (including phenoxy) is 1. The van der Waals surface area contributed by atoms with Crippen molar-refractivity contribution < 1.29 is 22.7 Å². The van der Waals surface area contributed by atoms with Crippen LogP contribution in [0.3, 0.4) is 0 Å². The van der Waals surface area contributed by atoms with Gasteiger partial charge in [-0.05, 0) is 55.3 Å². The zero-order chi connectivity index (χ0) is 22.6. The van der Waals surface area contributed by atoms with E-state index in [1.807, 2.05) is 0 Å². The Morgan fingerprint density at radius 3 is 2.42 bits per heavy atom. The van der Waals surface area contributed by atoms with Crippen molar-refractivity contribution in [3.8, 4) is 5.75 Å². The Balaban J connectivity index is 1.64. The van der Waals surface area contributed by atoms with E-state index in [1.54, 1.807) is 12.1 Å². The molecule has 31 heavy (non-hydrogen) atoms. The van der Waals surface area contributed by atoms with Crippen molar-refractivity contribution in [1.29, 1.82) is 0 Å². The van der Waals surface area contributed by atoms with E-state index in [0.717, 1.165) is 0 Å². The molecule has 0 bridgehead atoms. The number of benzene rings is 2. The predicted octanol–water partition coefficient (Wildman–Crippen LogP) is 2.86. The number of carbonyl (C=O) groups excluding carboxylic acids is 2. The molecular weight excluding hydrogens is 465 g/mol. The molecule has 1 fully saturated rings. The first-order valence-corrected chi connectivity index (χ1v) is 11.6. The highest BCUT2D eigenvalue weighted by Gasteiger charge is 2.33. The second-order valence-corrected chi connectivity index (χ2v) is 9.75. The molecule has 2 aromatic rings. The summed E-state index contributed by atoms with van der Waals surface area (Å²) in [6.07, 6.45) is 1.01. The summed E-state index contributed by atoms with van der Waals surface area (Å²) in [5, 5.41) is 0.773. The van der Waals surface area contributed by atoms with E-state index in [9.17, 15) is 18.0 Å². The molecule has 2 N–H and O–H groups in total. The van der Waals surface area contributed by atoms with Gasteiger partial charge in [-0.3, -0.25) is 20.4 Å². The molecule has 1 aliphatic rings. The molecule has 1 unspecified atom stereocenters. The number of sulfonamides is 1. The van der Waals surface area contributed by atoms with Gasteiger partial charge in [-0.1, -0.05) is 23.2 Å². The predicted molar refractivity (Wildman–Crippen MR) is 117 cm³/mol. The fourth-order valence-electron chi connectivity index (χ4n) is 3.28. The minimum absolute atomic E-state index is 0.00709. The van der Waals surface area contributed by atoms with Gasteiger partial charge in [-0.25, -0.2) is 8.42 Å². The maximum Gasteiger partial charge on any atom is 0.273 e. The highest BCUT2D eigenvalue weighted by Crippen LogP contribution is 2.25. The summed E-state index contributed by atoms with van der Waals surface area (Å²) in [5.41, 5.74) is 4.85. The molecule has 3 rings (SSSR count). The Hall–Kier alpha value is -2.33. The molecular formula is C20H21Cl2N3O5S.